The molecule has 0 aromatic heterocycles. The molecular weight excluding hydrogens is 221 g/mol. The Balaban J connectivity index is 3.46. The smallest absolute Gasteiger partial charge is 0.423 e. The molecule has 17 heavy (non-hydrogen) atoms. The lowest BCUT2D eigenvalue weighted by atomic mass is 9.74. The molecular formula is C10H12BN3O3. The van der Waals surface area contributed by atoms with Crippen LogP contribution in [0.4, 0.5) is 0 Å². The van der Waals surface area contributed by atoms with Crippen LogP contribution >= 0.6 is 0 Å². The van der Waals surface area contributed by atoms with E-state index in [0.29, 0.717) is 28.5 Å². The highest BCUT2D eigenvalue weighted by molar-refractivity contribution is 6.59. The van der Waals surface area contributed by atoms with Crippen LogP contribution in [0.15, 0.2) is 11.2 Å². The first-order valence-corrected chi connectivity index (χ1v) is 4.98. The standard InChI is InChI=1S/C10H12BN3O3/c1-6-8(4-13-14-12)3-10(11(16)17)7(2)9(6)5-15/h3,5,16-17H,4H2,1-2H3. The molecule has 88 valence electrons. The summed E-state index contributed by atoms with van der Waals surface area (Å²) in [6, 6.07) is 1.54. The average molecular weight is 233 g/mol. The second-order valence-electron chi connectivity index (χ2n) is 3.67. The molecule has 0 aliphatic carbocycles. The van der Waals surface area contributed by atoms with Gasteiger partial charge in [-0.15, -0.1) is 0 Å². The summed E-state index contributed by atoms with van der Waals surface area (Å²) in [6.07, 6.45) is 0.663. The van der Waals surface area contributed by atoms with Crippen molar-refractivity contribution < 1.29 is 14.8 Å². The first-order chi connectivity index (χ1) is 8.02. The lowest BCUT2D eigenvalue weighted by Gasteiger charge is -2.13. The molecule has 0 radical (unpaired) electrons. The van der Waals surface area contributed by atoms with E-state index in [-0.39, 0.29) is 12.0 Å². The van der Waals surface area contributed by atoms with Crippen LogP contribution in [-0.2, 0) is 6.54 Å². The van der Waals surface area contributed by atoms with Gasteiger partial charge in [-0.1, -0.05) is 11.2 Å². The van der Waals surface area contributed by atoms with Gasteiger partial charge >= 0.3 is 7.12 Å². The number of rotatable bonds is 4. The van der Waals surface area contributed by atoms with E-state index in [2.05, 4.69) is 10.0 Å². The monoisotopic (exact) mass is 233 g/mol. The minimum absolute atomic E-state index is 0.0726. The van der Waals surface area contributed by atoms with Gasteiger partial charge < -0.3 is 10.0 Å². The molecule has 0 saturated heterocycles. The Bertz CT molecular complexity index is 496. The zero-order valence-corrected chi connectivity index (χ0v) is 9.58. The molecule has 7 heteroatoms. The predicted octanol–water partition coefficient (Wildman–Crippen LogP) is 0.606. The van der Waals surface area contributed by atoms with Gasteiger partial charge in [-0.3, -0.25) is 4.79 Å². The summed E-state index contributed by atoms with van der Waals surface area (Å²) in [7, 11) is -1.65. The van der Waals surface area contributed by atoms with Gasteiger partial charge in [0.15, 0.2) is 6.29 Å². The summed E-state index contributed by atoms with van der Waals surface area (Å²) in [5, 5.41) is 21.8. The fourth-order valence-electron chi connectivity index (χ4n) is 1.73. The van der Waals surface area contributed by atoms with Crippen molar-refractivity contribution in [2.75, 3.05) is 0 Å². The quantitative estimate of drug-likeness (QED) is 0.261. The van der Waals surface area contributed by atoms with Crippen LogP contribution in [0.25, 0.3) is 10.4 Å². The minimum atomic E-state index is -1.65. The van der Waals surface area contributed by atoms with Gasteiger partial charge in [0.25, 0.3) is 0 Å². The van der Waals surface area contributed by atoms with Crippen LogP contribution in [0, 0.1) is 13.8 Å². The SMILES string of the molecule is Cc1c(CN=[N+]=[N-])cc(B(O)O)c(C)c1C=O. The van der Waals surface area contributed by atoms with Crippen LogP contribution in [-0.4, -0.2) is 23.5 Å². The number of nitrogens with zero attached hydrogens (tertiary/aromatic N) is 3. The van der Waals surface area contributed by atoms with E-state index in [9.17, 15) is 14.8 Å². The molecule has 0 amide bonds. The lowest BCUT2D eigenvalue weighted by Crippen LogP contribution is -2.33. The van der Waals surface area contributed by atoms with Crippen molar-refractivity contribution in [3.8, 4) is 0 Å². The first kappa shape index (κ1) is 13.3. The van der Waals surface area contributed by atoms with E-state index < -0.39 is 7.12 Å². The van der Waals surface area contributed by atoms with E-state index in [1.54, 1.807) is 13.8 Å². The Labute approximate surface area is 98.7 Å². The maximum Gasteiger partial charge on any atom is 0.488 e. The third kappa shape index (κ3) is 2.65. The summed E-state index contributed by atoms with van der Waals surface area (Å²) >= 11 is 0. The topological polar surface area (TPSA) is 106 Å². The molecule has 0 bridgehead atoms. The molecule has 0 saturated carbocycles. The highest BCUT2D eigenvalue weighted by atomic mass is 16.4. The molecule has 1 aromatic carbocycles. The van der Waals surface area contributed by atoms with E-state index in [1.807, 2.05) is 0 Å². The number of hydrogen-bond acceptors (Lipinski definition) is 4. The van der Waals surface area contributed by atoms with Crippen LogP contribution < -0.4 is 5.46 Å². The van der Waals surface area contributed by atoms with E-state index in [0.717, 1.165) is 0 Å². The van der Waals surface area contributed by atoms with Crippen molar-refractivity contribution in [3.63, 3.8) is 0 Å². The molecule has 6 nitrogen and oxygen atoms in total. The summed E-state index contributed by atoms with van der Waals surface area (Å²) < 4.78 is 0. The summed E-state index contributed by atoms with van der Waals surface area (Å²) in [6.45, 7) is 3.44. The molecule has 0 aliphatic heterocycles. The zero-order chi connectivity index (χ0) is 13.0. The largest absolute Gasteiger partial charge is 0.488 e. The van der Waals surface area contributed by atoms with Crippen molar-refractivity contribution in [1.82, 2.24) is 0 Å². The molecule has 0 aliphatic rings. The van der Waals surface area contributed by atoms with E-state index in [1.165, 1.54) is 6.07 Å². The third-order valence-corrected chi connectivity index (χ3v) is 2.75. The van der Waals surface area contributed by atoms with E-state index in [4.69, 9.17) is 5.53 Å². The molecule has 0 atom stereocenters. The van der Waals surface area contributed by atoms with Crippen molar-refractivity contribution in [2.45, 2.75) is 20.4 Å². The van der Waals surface area contributed by atoms with Crippen molar-refractivity contribution in [1.29, 1.82) is 0 Å². The molecule has 2 N–H and O–H groups in total. The van der Waals surface area contributed by atoms with Gasteiger partial charge in [0, 0.05) is 10.5 Å². The lowest BCUT2D eigenvalue weighted by molar-refractivity contribution is 0.112. The molecule has 1 aromatic rings. The molecule has 0 unspecified atom stereocenters. The zero-order valence-electron chi connectivity index (χ0n) is 9.58. The highest BCUT2D eigenvalue weighted by Crippen LogP contribution is 2.16. The Kier molecular flexibility index (Phi) is 4.28. The van der Waals surface area contributed by atoms with E-state index >= 15 is 0 Å². The van der Waals surface area contributed by atoms with Crippen LogP contribution in [0.1, 0.15) is 27.0 Å². The fraction of sp³-hybridized carbons (Fsp3) is 0.300. The van der Waals surface area contributed by atoms with Crippen LogP contribution in [0.5, 0.6) is 0 Å². The summed E-state index contributed by atoms with van der Waals surface area (Å²) in [5.74, 6) is 0. The normalized spacial score (nSPS) is 9.65. The van der Waals surface area contributed by atoms with Gasteiger partial charge in [-0.2, -0.15) is 0 Å². The minimum Gasteiger partial charge on any atom is -0.423 e. The number of hydrogen-bond donors (Lipinski definition) is 2. The predicted molar refractivity (Wildman–Crippen MR) is 64.0 cm³/mol. The Morgan fingerprint density at radius 2 is 2.12 bits per heavy atom. The summed E-state index contributed by atoms with van der Waals surface area (Å²) in [5.41, 5.74) is 10.7. The average Bonchev–Trinajstić information content (AvgIpc) is 2.28. The van der Waals surface area contributed by atoms with Gasteiger partial charge in [-0.05, 0) is 41.5 Å². The van der Waals surface area contributed by atoms with Gasteiger partial charge in [-0.25, -0.2) is 0 Å². The van der Waals surface area contributed by atoms with Gasteiger partial charge in [0.05, 0.1) is 6.54 Å². The van der Waals surface area contributed by atoms with Gasteiger partial charge in [0.2, 0.25) is 0 Å². The number of carbonyl (C=O) groups excluding carboxylic acids is 1. The number of benzene rings is 1. The molecule has 0 heterocycles. The number of aldehydes is 1. The van der Waals surface area contributed by atoms with Crippen molar-refractivity contribution in [3.05, 3.63) is 38.8 Å². The number of azide groups is 1. The third-order valence-electron chi connectivity index (χ3n) is 2.75. The molecule has 1 rings (SSSR count). The van der Waals surface area contributed by atoms with Crippen LogP contribution in [0.3, 0.4) is 0 Å². The van der Waals surface area contributed by atoms with Crippen molar-refractivity contribution in [2.24, 2.45) is 5.11 Å². The maximum atomic E-state index is 11.0. The Morgan fingerprint density at radius 3 is 2.59 bits per heavy atom. The number of carbonyl (C=O) groups is 1. The maximum absolute atomic E-state index is 11.0. The highest BCUT2D eigenvalue weighted by Gasteiger charge is 2.19. The first-order valence-electron chi connectivity index (χ1n) is 4.98. The molecule has 0 spiro atoms. The fourth-order valence-corrected chi connectivity index (χ4v) is 1.73. The Morgan fingerprint density at radius 1 is 1.47 bits per heavy atom. The van der Waals surface area contributed by atoms with Crippen molar-refractivity contribution >= 4 is 18.9 Å². The second kappa shape index (κ2) is 5.49. The Hall–Kier alpha value is -1.82. The second-order valence-corrected chi connectivity index (χ2v) is 3.67. The summed E-state index contributed by atoms with van der Waals surface area (Å²) in [4.78, 5) is 13.6. The molecule has 0 fully saturated rings. The van der Waals surface area contributed by atoms with Gasteiger partial charge in [0.1, 0.15) is 0 Å². The van der Waals surface area contributed by atoms with Crippen LogP contribution in [0.2, 0.25) is 0 Å².